The molecule has 0 saturated carbocycles. The molecule has 30 heavy (non-hydrogen) atoms. The van der Waals surface area contributed by atoms with Crippen molar-refractivity contribution in [2.45, 2.75) is 4.90 Å². The lowest BCUT2D eigenvalue weighted by Gasteiger charge is -2.12. The fourth-order valence-electron chi connectivity index (χ4n) is 2.53. The van der Waals surface area contributed by atoms with Gasteiger partial charge in [0.2, 0.25) is 0 Å². The Kier molecular flexibility index (Phi) is 6.50. The molecule has 0 saturated heterocycles. The number of ether oxygens (including phenoxy) is 1. The van der Waals surface area contributed by atoms with E-state index in [2.05, 4.69) is 10.0 Å². The van der Waals surface area contributed by atoms with Crippen LogP contribution in [-0.2, 0) is 10.0 Å². The molecule has 6 nitrogen and oxygen atoms in total. The number of anilines is 2. The van der Waals surface area contributed by atoms with E-state index in [9.17, 15) is 17.6 Å². The van der Waals surface area contributed by atoms with Crippen LogP contribution in [-0.4, -0.2) is 21.4 Å². The van der Waals surface area contributed by atoms with Crippen molar-refractivity contribution in [1.29, 1.82) is 0 Å². The molecule has 0 atom stereocenters. The van der Waals surface area contributed by atoms with E-state index < -0.39 is 21.7 Å². The molecule has 2 N–H and O–H groups in total. The lowest BCUT2D eigenvalue weighted by atomic mass is 10.2. The zero-order valence-electron chi connectivity index (χ0n) is 15.4. The molecule has 10 heteroatoms. The molecule has 1 amide bonds. The van der Waals surface area contributed by atoms with Crippen LogP contribution < -0.4 is 14.8 Å². The summed E-state index contributed by atoms with van der Waals surface area (Å²) in [6, 6.07) is 13.7. The number of methoxy groups -OCH3 is 1. The lowest BCUT2D eigenvalue weighted by molar-refractivity contribution is 0.102. The number of hydrogen-bond donors (Lipinski definition) is 2. The van der Waals surface area contributed by atoms with E-state index in [4.69, 9.17) is 27.9 Å². The Labute approximate surface area is 182 Å². The molecule has 0 heterocycles. The number of benzene rings is 3. The molecular formula is C20H15Cl2FN2O4S. The van der Waals surface area contributed by atoms with Crippen molar-refractivity contribution >= 4 is 50.5 Å². The fourth-order valence-corrected chi connectivity index (χ4v) is 4.24. The second-order valence-electron chi connectivity index (χ2n) is 6.06. The second kappa shape index (κ2) is 8.91. The van der Waals surface area contributed by atoms with Gasteiger partial charge in [0.1, 0.15) is 4.90 Å². The number of amides is 1. The monoisotopic (exact) mass is 468 g/mol. The Bertz CT molecular complexity index is 1200. The molecule has 0 fully saturated rings. The summed E-state index contributed by atoms with van der Waals surface area (Å²) in [5.41, 5.74) is 0.475. The van der Waals surface area contributed by atoms with Crippen LogP contribution in [0.5, 0.6) is 5.75 Å². The average Bonchev–Trinajstić information content (AvgIpc) is 2.70. The van der Waals surface area contributed by atoms with Gasteiger partial charge < -0.3 is 10.1 Å². The Morgan fingerprint density at radius 3 is 2.27 bits per heavy atom. The minimum absolute atomic E-state index is 0.0205. The third-order valence-corrected chi connectivity index (χ3v) is 6.10. The summed E-state index contributed by atoms with van der Waals surface area (Å²) in [5.74, 6) is -1.26. The van der Waals surface area contributed by atoms with Gasteiger partial charge in [-0.15, -0.1) is 0 Å². The number of rotatable bonds is 6. The Morgan fingerprint density at radius 1 is 0.967 bits per heavy atom. The Hall–Kier alpha value is -2.81. The summed E-state index contributed by atoms with van der Waals surface area (Å²) in [6.45, 7) is 0. The van der Waals surface area contributed by atoms with Gasteiger partial charge in [-0.1, -0.05) is 23.2 Å². The predicted molar refractivity (Wildman–Crippen MR) is 115 cm³/mol. The molecule has 0 spiro atoms. The van der Waals surface area contributed by atoms with E-state index in [1.54, 1.807) is 0 Å². The van der Waals surface area contributed by atoms with Gasteiger partial charge in [0.05, 0.1) is 12.1 Å². The molecule has 0 radical (unpaired) electrons. The topological polar surface area (TPSA) is 84.5 Å². The van der Waals surface area contributed by atoms with Crippen molar-refractivity contribution in [2.24, 2.45) is 0 Å². The summed E-state index contributed by atoms with van der Waals surface area (Å²) in [7, 11) is -2.76. The first-order chi connectivity index (χ1) is 14.2. The van der Waals surface area contributed by atoms with Gasteiger partial charge in [0, 0.05) is 28.0 Å². The van der Waals surface area contributed by atoms with Crippen LogP contribution in [0.15, 0.2) is 65.6 Å². The molecule has 0 aliphatic heterocycles. The normalized spacial score (nSPS) is 11.1. The molecule has 0 unspecified atom stereocenters. The zero-order chi connectivity index (χ0) is 21.9. The van der Waals surface area contributed by atoms with E-state index in [0.717, 1.165) is 12.1 Å². The van der Waals surface area contributed by atoms with Gasteiger partial charge in [-0.2, -0.15) is 0 Å². The Morgan fingerprint density at radius 2 is 1.63 bits per heavy atom. The minimum atomic E-state index is -4.08. The number of carbonyl (C=O) groups excluding carboxylic acids is 1. The van der Waals surface area contributed by atoms with E-state index in [-0.39, 0.29) is 32.6 Å². The van der Waals surface area contributed by atoms with E-state index in [1.165, 1.54) is 55.6 Å². The maximum absolute atomic E-state index is 13.8. The summed E-state index contributed by atoms with van der Waals surface area (Å²) in [6.07, 6.45) is 0. The molecule has 0 aliphatic rings. The highest BCUT2D eigenvalue weighted by Gasteiger charge is 2.21. The van der Waals surface area contributed by atoms with Crippen LogP contribution in [0.3, 0.4) is 0 Å². The van der Waals surface area contributed by atoms with Crippen molar-refractivity contribution in [3.8, 4) is 5.75 Å². The van der Waals surface area contributed by atoms with Crippen molar-refractivity contribution in [3.63, 3.8) is 0 Å². The minimum Gasteiger partial charge on any atom is -0.494 e. The third kappa shape index (κ3) is 5.02. The fraction of sp³-hybridized carbons (Fsp3) is 0.0500. The summed E-state index contributed by atoms with van der Waals surface area (Å²) in [5, 5.41) is 2.88. The summed E-state index contributed by atoms with van der Waals surface area (Å²) in [4.78, 5) is 12.2. The van der Waals surface area contributed by atoms with Gasteiger partial charge in [-0.3, -0.25) is 9.52 Å². The average molecular weight is 469 g/mol. The summed E-state index contributed by atoms with van der Waals surface area (Å²) < 4.78 is 46.5. The van der Waals surface area contributed by atoms with Crippen LogP contribution in [0.1, 0.15) is 10.4 Å². The molecule has 3 aromatic carbocycles. The highest BCUT2D eigenvalue weighted by molar-refractivity contribution is 7.92. The second-order valence-corrected chi connectivity index (χ2v) is 8.56. The quantitative estimate of drug-likeness (QED) is 0.520. The summed E-state index contributed by atoms with van der Waals surface area (Å²) >= 11 is 11.9. The van der Waals surface area contributed by atoms with Gasteiger partial charge in [0.25, 0.3) is 15.9 Å². The van der Waals surface area contributed by atoms with Gasteiger partial charge >= 0.3 is 0 Å². The molecule has 3 aromatic rings. The highest BCUT2D eigenvalue weighted by Crippen LogP contribution is 2.27. The standard InChI is InChI=1S/C20H15Cl2FN2O4S/c1-29-18-9-7-15(11-17(18)23)24-20(26)12-2-8-16(22)19(10-12)30(27,28)25-14-5-3-13(21)4-6-14/h2-11,25H,1H3,(H,24,26). The lowest BCUT2D eigenvalue weighted by Crippen LogP contribution is -2.16. The van der Waals surface area contributed by atoms with Crippen LogP contribution in [0.25, 0.3) is 0 Å². The Balaban J connectivity index is 1.85. The first kappa shape index (κ1) is 21.9. The van der Waals surface area contributed by atoms with Crippen molar-refractivity contribution in [1.82, 2.24) is 0 Å². The third-order valence-electron chi connectivity index (χ3n) is 3.99. The number of halogens is 3. The molecule has 0 bridgehead atoms. The zero-order valence-corrected chi connectivity index (χ0v) is 17.8. The van der Waals surface area contributed by atoms with Crippen LogP contribution >= 0.6 is 23.2 Å². The molecule has 0 aromatic heterocycles. The molecule has 156 valence electrons. The van der Waals surface area contributed by atoms with Crippen LogP contribution in [0.2, 0.25) is 10.0 Å². The van der Waals surface area contributed by atoms with Gasteiger partial charge in [0.15, 0.2) is 11.6 Å². The van der Waals surface area contributed by atoms with E-state index in [1.807, 2.05) is 0 Å². The number of sulfonamides is 1. The first-order valence-corrected chi connectivity index (χ1v) is 10.7. The largest absolute Gasteiger partial charge is 0.494 e. The maximum atomic E-state index is 13.8. The number of hydrogen-bond acceptors (Lipinski definition) is 4. The van der Waals surface area contributed by atoms with E-state index >= 15 is 0 Å². The SMILES string of the molecule is COc1ccc(NC(=O)c2ccc(Cl)c(S(=O)(=O)Nc3ccc(Cl)cc3)c2)cc1F. The first-order valence-electron chi connectivity index (χ1n) is 8.42. The predicted octanol–water partition coefficient (Wildman–Crippen LogP) is 5.19. The smallest absolute Gasteiger partial charge is 0.263 e. The molecule has 0 aliphatic carbocycles. The van der Waals surface area contributed by atoms with Crippen LogP contribution in [0.4, 0.5) is 15.8 Å². The molecular weight excluding hydrogens is 454 g/mol. The molecule has 3 rings (SSSR count). The number of nitrogens with one attached hydrogen (secondary N) is 2. The van der Waals surface area contributed by atoms with E-state index in [0.29, 0.717) is 5.02 Å². The highest BCUT2D eigenvalue weighted by atomic mass is 35.5. The van der Waals surface area contributed by atoms with Crippen molar-refractivity contribution < 1.29 is 22.3 Å². The van der Waals surface area contributed by atoms with Crippen LogP contribution in [0, 0.1) is 5.82 Å². The number of carbonyl (C=O) groups is 1. The van der Waals surface area contributed by atoms with Gasteiger partial charge in [-0.25, -0.2) is 12.8 Å². The van der Waals surface area contributed by atoms with Crippen molar-refractivity contribution in [2.75, 3.05) is 17.1 Å². The van der Waals surface area contributed by atoms with Gasteiger partial charge in [-0.05, 0) is 54.6 Å². The maximum Gasteiger partial charge on any atom is 0.263 e. The van der Waals surface area contributed by atoms with Crippen molar-refractivity contribution in [3.05, 3.63) is 82.1 Å².